The average Bonchev–Trinajstić information content (AvgIpc) is 3.27. The molecule has 0 unspecified atom stereocenters. The average molecular weight is 509 g/mol. The van der Waals surface area contributed by atoms with Gasteiger partial charge in [0.15, 0.2) is 11.5 Å². The van der Waals surface area contributed by atoms with Crippen LogP contribution in [0, 0.1) is 27.7 Å². The lowest BCUT2D eigenvalue weighted by molar-refractivity contribution is 0.101. The number of aromatic nitrogens is 3. The number of hydrogen-bond donors (Lipinski definition) is 1. The van der Waals surface area contributed by atoms with Crippen molar-refractivity contribution in [1.29, 1.82) is 0 Å². The minimum atomic E-state index is -0.410. The smallest absolute Gasteiger partial charge is 0.279 e. The van der Waals surface area contributed by atoms with E-state index in [2.05, 4.69) is 56.6 Å². The highest BCUT2D eigenvalue weighted by molar-refractivity contribution is 9.10. The highest BCUT2D eigenvalue weighted by Gasteiger charge is 2.22. The minimum absolute atomic E-state index is 0.171. The Bertz CT molecular complexity index is 1290. The van der Waals surface area contributed by atoms with Gasteiger partial charge in [0.05, 0.1) is 16.6 Å². The summed E-state index contributed by atoms with van der Waals surface area (Å²) in [5.74, 6) is 1.27. The van der Waals surface area contributed by atoms with Crippen molar-refractivity contribution in [2.45, 2.75) is 40.8 Å². The fourth-order valence-electron chi connectivity index (χ4n) is 3.64. The summed E-state index contributed by atoms with van der Waals surface area (Å²) < 4.78 is 13.7. The number of hydrogen-bond acceptors (Lipinski definition) is 5. The number of aryl methyl sites for hydroxylation is 4. The Morgan fingerprint density at radius 1 is 1.09 bits per heavy atom. The second-order valence-electron chi connectivity index (χ2n) is 8.14. The fraction of sp³-hybridized carbons (Fsp3) is 0.240. The lowest BCUT2D eigenvalue weighted by atomic mass is 10.1. The van der Waals surface area contributed by atoms with Gasteiger partial charge in [-0.3, -0.25) is 9.48 Å². The Balaban J connectivity index is 1.47. The number of rotatable bonds is 7. The summed E-state index contributed by atoms with van der Waals surface area (Å²) in [7, 11) is 0. The van der Waals surface area contributed by atoms with Gasteiger partial charge in [-0.15, -0.1) is 0 Å². The van der Waals surface area contributed by atoms with Crippen molar-refractivity contribution in [2.75, 3.05) is 5.32 Å². The standard InChI is InChI=1S/C25H25BrN4O3/c1-15-6-5-7-19(9-15)12-30-13-22(26)24(28-30)27-25(31)23-21(18(4)33-29-23)14-32-20-10-16(2)8-17(3)11-20/h5-11,13H,12,14H2,1-4H3,(H,27,28,31). The second-order valence-corrected chi connectivity index (χ2v) is 9.00. The van der Waals surface area contributed by atoms with Gasteiger partial charge in [-0.05, 0) is 72.4 Å². The first-order valence-corrected chi connectivity index (χ1v) is 11.3. The molecule has 2 heterocycles. The molecule has 2 aromatic carbocycles. The molecule has 7 nitrogen and oxygen atoms in total. The molecule has 4 aromatic rings. The summed E-state index contributed by atoms with van der Waals surface area (Å²) in [5.41, 5.74) is 5.30. The second kappa shape index (κ2) is 9.62. The molecule has 0 spiro atoms. The van der Waals surface area contributed by atoms with Crippen LogP contribution in [0.5, 0.6) is 5.75 Å². The molecule has 0 aliphatic heterocycles. The van der Waals surface area contributed by atoms with E-state index in [-0.39, 0.29) is 12.3 Å². The highest BCUT2D eigenvalue weighted by atomic mass is 79.9. The first-order chi connectivity index (χ1) is 15.8. The predicted octanol–water partition coefficient (Wildman–Crippen LogP) is 5.75. The van der Waals surface area contributed by atoms with Crippen LogP contribution in [0.25, 0.3) is 0 Å². The molecular formula is C25H25BrN4O3. The molecular weight excluding hydrogens is 484 g/mol. The Kier molecular flexibility index (Phi) is 6.65. The molecule has 1 N–H and O–H groups in total. The van der Waals surface area contributed by atoms with Crippen LogP contribution in [0.3, 0.4) is 0 Å². The summed E-state index contributed by atoms with van der Waals surface area (Å²) in [6.45, 7) is 8.60. The zero-order valence-corrected chi connectivity index (χ0v) is 20.6. The molecule has 2 aromatic heterocycles. The number of benzene rings is 2. The number of amides is 1. The molecule has 0 atom stereocenters. The van der Waals surface area contributed by atoms with E-state index in [1.54, 1.807) is 11.6 Å². The molecule has 33 heavy (non-hydrogen) atoms. The maximum absolute atomic E-state index is 13.0. The van der Waals surface area contributed by atoms with Crippen molar-refractivity contribution in [3.63, 3.8) is 0 Å². The summed E-state index contributed by atoms with van der Waals surface area (Å²) in [6.07, 6.45) is 1.83. The summed E-state index contributed by atoms with van der Waals surface area (Å²) >= 11 is 3.48. The molecule has 0 saturated heterocycles. The largest absolute Gasteiger partial charge is 0.489 e. The van der Waals surface area contributed by atoms with Gasteiger partial charge in [-0.2, -0.15) is 5.10 Å². The van der Waals surface area contributed by atoms with Crippen molar-refractivity contribution >= 4 is 27.7 Å². The number of ether oxygens (including phenoxy) is 1. The Labute approximate surface area is 200 Å². The number of nitrogens with one attached hydrogen (secondary N) is 1. The molecule has 1 amide bonds. The van der Waals surface area contributed by atoms with Gasteiger partial charge in [0.2, 0.25) is 0 Å². The van der Waals surface area contributed by atoms with E-state index in [0.717, 1.165) is 22.4 Å². The number of carbonyl (C=O) groups is 1. The van der Waals surface area contributed by atoms with Crippen LogP contribution in [0.15, 0.2) is 57.7 Å². The normalized spacial score (nSPS) is 10.9. The van der Waals surface area contributed by atoms with E-state index in [0.29, 0.717) is 28.2 Å². The topological polar surface area (TPSA) is 82.2 Å². The van der Waals surface area contributed by atoms with Gasteiger partial charge in [-0.1, -0.05) is 41.1 Å². The number of anilines is 1. The molecule has 0 saturated carbocycles. The predicted molar refractivity (Wildman–Crippen MR) is 130 cm³/mol. The van der Waals surface area contributed by atoms with Crippen LogP contribution < -0.4 is 10.1 Å². The van der Waals surface area contributed by atoms with Crippen LogP contribution in [0.4, 0.5) is 5.82 Å². The summed E-state index contributed by atoms with van der Waals surface area (Å²) in [5, 5.41) is 11.3. The van der Waals surface area contributed by atoms with Crippen molar-refractivity contribution in [2.24, 2.45) is 0 Å². The van der Waals surface area contributed by atoms with Crippen molar-refractivity contribution in [3.05, 3.63) is 92.4 Å². The maximum Gasteiger partial charge on any atom is 0.279 e. The monoisotopic (exact) mass is 508 g/mol. The molecule has 0 radical (unpaired) electrons. The Morgan fingerprint density at radius 2 is 1.85 bits per heavy atom. The molecule has 8 heteroatoms. The molecule has 0 bridgehead atoms. The SMILES string of the molecule is Cc1cccc(Cn2cc(Br)c(NC(=O)c3noc(C)c3COc3cc(C)cc(C)c3)n2)c1. The van der Waals surface area contributed by atoms with Crippen LogP contribution in [-0.4, -0.2) is 20.8 Å². The van der Waals surface area contributed by atoms with Gasteiger partial charge in [0.25, 0.3) is 5.91 Å². The van der Waals surface area contributed by atoms with Gasteiger partial charge in [-0.25, -0.2) is 0 Å². The van der Waals surface area contributed by atoms with E-state index >= 15 is 0 Å². The van der Waals surface area contributed by atoms with Crippen LogP contribution in [0.1, 0.15) is 44.1 Å². The van der Waals surface area contributed by atoms with Gasteiger partial charge in [0, 0.05) is 6.20 Å². The highest BCUT2D eigenvalue weighted by Crippen LogP contribution is 2.24. The molecule has 170 valence electrons. The Hall–Kier alpha value is -3.39. The summed E-state index contributed by atoms with van der Waals surface area (Å²) in [6, 6.07) is 14.2. The van der Waals surface area contributed by atoms with Crippen molar-refractivity contribution in [1.82, 2.24) is 14.9 Å². The third-order valence-electron chi connectivity index (χ3n) is 5.15. The fourth-order valence-corrected chi connectivity index (χ4v) is 4.05. The number of carbonyl (C=O) groups excluding carboxylic acids is 1. The molecule has 0 aliphatic carbocycles. The molecule has 4 rings (SSSR count). The van der Waals surface area contributed by atoms with E-state index < -0.39 is 5.91 Å². The van der Waals surface area contributed by atoms with Crippen molar-refractivity contribution in [3.8, 4) is 5.75 Å². The first kappa shape index (κ1) is 22.8. The van der Waals surface area contributed by atoms with Crippen LogP contribution >= 0.6 is 15.9 Å². The molecule has 0 aliphatic rings. The number of halogens is 1. The van der Waals surface area contributed by atoms with Gasteiger partial charge in [0.1, 0.15) is 18.1 Å². The zero-order valence-electron chi connectivity index (χ0n) is 19.0. The number of nitrogens with zero attached hydrogens (tertiary/aromatic N) is 3. The first-order valence-electron chi connectivity index (χ1n) is 10.5. The third-order valence-corrected chi connectivity index (χ3v) is 5.73. The van der Waals surface area contributed by atoms with E-state index in [4.69, 9.17) is 9.26 Å². The quantitative estimate of drug-likeness (QED) is 0.343. The van der Waals surface area contributed by atoms with E-state index in [1.807, 2.05) is 44.3 Å². The van der Waals surface area contributed by atoms with E-state index in [9.17, 15) is 4.79 Å². The van der Waals surface area contributed by atoms with Crippen LogP contribution in [-0.2, 0) is 13.2 Å². The summed E-state index contributed by atoms with van der Waals surface area (Å²) in [4.78, 5) is 13.0. The van der Waals surface area contributed by atoms with Crippen LogP contribution in [0.2, 0.25) is 0 Å². The lowest BCUT2D eigenvalue weighted by Gasteiger charge is -2.09. The third kappa shape index (κ3) is 5.51. The molecule has 0 fully saturated rings. The minimum Gasteiger partial charge on any atom is -0.489 e. The Morgan fingerprint density at radius 3 is 2.58 bits per heavy atom. The lowest BCUT2D eigenvalue weighted by Crippen LogP contribution is -2.16. The van der Waals surface area contributed by atoms with E-state index in [1.165, 1.54) is 5.56 Å². The maximum atomic E-state index is 13.0. The van der Waals surface area contributed by atoms with Gasteiger partial charge < -0.3 is 14.6 Å². The zero-order chi connectivity index (χ0) is 23.5. The van der Waals surface area contributed by atoms with Gasteiger partial charge >= 0.3 is 0 Å². The van der Waals surface area contributed by atoms with Crippen molar-refractivity contribution < 1.29 is 14.1 Å².